The lowest BCUT2D eigenvalue weighted by Gasteiger charge is -2.31. The van der Waals surface area contributed by atoms with Gasteiger partial charge in [-0.25, -0.2) is 13.8 Å². The number of nitrogens with one attached hydrogen (secondary N) is 1. The first-order valence-electron chi connectivity index (χ1n) is 10.8. The van der Waals surface area contributed by atoms with Crippen molar-refractivity contribution in [1.29, 1.82) is 0 Å². The van der Waals surface area contributed by atoms with E-state index in [0.29, 0.717) is 0 Å². The van der Waals surface area contributed by atoms with Crippen molar-refractivity contribution in [2.75, 3.05) is 17.3 Å². The average Bonchev–Trinajstić information content (AvgIpc) is 2.86. The highest BCUT2D eigenvalue weighted by Crippen LogP contribution is 2.55. The SMILES string of the molecule is CN(C(=O)c1ccc(Cl)nc1)c1cccc(C(=O)Nc2c(Br)cc(C(F)(C(F)(F)F)C(F)(F)F)cc2C(F)(F)F)c1F. The number of carbonyl (C=O) groups is 2. The van der Waals surface area contributed by atoms with E-state index in [1.54, 1.807) is 5.32 Å². The zero-order valence-electron chi connectivity index (χ0n) is 20.2. The molecule has 0 aliphatic rings. The Morgan fingerprint density at radius 2 is 1.52 bits per heavy atom. The smallest absolute Gasteiger partial charge is 0.320 e. The molecule has 42 heavy (non-hydrogen) atoms. The third kappa shape index (κ3) is 6.16. The fourth-order valence-corrected chi connectivity index (χ4v) is 4.26. The number of rotatable bonds is 5. The zero-order valence-corrected chi connectivity index (χ0v) is 22.6. The first-order chi connectivity index (χ1) is 19.1. The van der Waals surface area contributed by atoms with Crippen molar-refractivity contribution in [3.8, 4) is 0 Å². The number of nitrogens with zero attached hydrogens (tertiary/aromatic N) is 2. The number of benzene rings is 2. The van der Waals surface area contributed by atoms with E-state index in [-0.39, 0.29) is 16.8 Å². The summed E-state index contributed by atoms with van der Waals surface area (Å²) in [7, 11) is 1.08. The monoisotopic (exact) mass is 697 g/mol. The minimum Gasteiger partial charge on any atom is -0.320 e. The van der Waals surface area contributed by atoms with Crippen LogP contribution in [0.15, 0.2) is 53.1 Å². The van der Waals surface area contributed by atoms with Crippen LogP contribution in [-0.4, -0.2) is 36.2 Å². The predicted octanol–water partition coefficient (Wildman–Crippen LogP) is 8.47. The third-order valence-electron chi connectivity index (χ3n) is 5.68. The van der Waals surface area contributed by atoms with Gasteiger partial charge in [0.25, 0.3) is 11.8 Å². The predicted molar refractivity (Wildman–Crippen MR) is 130 cm³/mol. The van der Waals surface area contributed by atoms with E-state index < -0.39 is 80.4 Å². The van der Waals surface area contributed by atoms with Crippen molar-refractivity contribution in [2.24, 2.45) is 0 Å². The summed E-state index contributed by atoms with van der Waals surface area (Å²) in [5, 5.41) is 1.61. The van der Waals surface area contributed by atoms with Crippen LogP contribution in [0.2, 0.25) is 5.15 Å². The van der Waals surface area contributed by atoms with Gasteiger partial charge in [-0.05, 0) is 52.3 Å². The van der Waals surface area contributed by atoms with Crippen LogP contribution in [0.3, 0.4) is 0 Å². The molecule has 18 heteroatoms. The van der Waals surface area contributed by atoms with Gasteiger partial charge in [0, 0.05) is 23.3 Å². The summed E-state index contributed by atoms with van der Waals surface area (Å²) >= 11 is 7.99. The number of aromatic nitrogens is 1. The van der Waals surface area contributed by atoms with Crippen LogP contribution in [0.1, 0.15) is 31.8 Å². The molecule has 0 aliphatic heterocycles. The van der Waals surface area contributed by atoms with E-state index in [2.05, 4.69) is 20.9 Å². The molecule has 3 aromatic rings. The lowest BCUT2D eigenvalue weighted by atomic mass is 9.92. The van der Waals surface area contributed by atoms with Crippen molar-refractivity contribution >= 4 is 50.7 Å². The number of alkyl halides is 10. The Balaban J connectivity index is 2.07. The molecule has 0 radical (unpaired) electrons. The first-order valence-corrected chi connectivity index (χ1v) is 12.0. The third-order valence-corrected chi connectivity index (χ3v) is 6.53. The molecule has 0 unspecified atom stereocenters. The van der Waals surface area contributed by atoms with Gasteiger partial charge in [0.1, 0.15) is 5.15 Å². The molecular weight excluding hydrogens is 687 g/mol. The average molecular weight is 699 g/mol. The van der Waals surface area contributed by atoms with E-state index in [1.807, 2.05) is 0 Å². The second-order valence-corrected chi connectivity index (χ2v) is 9.60. The van der Waals surface area contributed by atoms with E-state index >= 15 is 4.39 Å². The molecule has 5 nitrogen and oxygen atoms in total. The molecule has 2 amide bonds. The van der Waals surface area contributed by atoms with Crippen molar-refractivity contribution in [1.82, 2.24) is 4.98 Å². The van der Waals surface area contributed by atoms with Crippen molar-refractivity contribution in [3.63, 3.8) is 0 Å². The Morgan fingerprint density at radius 1 is 0.929 bits per heavy atom. The molecule has 0 bridgehead atoms. The molecule has 2 aromatic carbocycles. The quantitative estimate of drug-likeness (QED) is 0.215. The van der Waals surface area contributed by atoms with Crippen LogP contribution in [0.4, 0.5) is 59.7 Å². The summed E-state index contributed by atoms with van der Waals surface area (Å²) < 4.78 is 149. The summed E-state index contributed by atoms with van der Waals surface area (Å²) in [5.74, 6) is -3.94. The Hall–Kier alpha value is -3.47. The van der Waals surface area contributed by atoms with Crippen LogP contribution < -0.4 is 10.2 Å². The standard InChI is InChI=1S/C24H12BrClF11N3O2/c1-40(20(42)10-5-6-16(26)38-9-10)15-4-2-3-12(17(15)27)19(41)39-18-13(22(29,30)31)7-11(8-14(18)25)21(28,23(32,33)34)24(35,36)37/h2-9H,1H3,(H,39,41). The Bertz CT molecular complexity index is 1510. The number of hydrogen-bond donors (Lipinski definition) is 1. The fourth-order valence-electron chi connectivity index (χ4n) is 3.58. The molecule has 1 heterocycles. The van der Waals surface area contributed by atoms with Crippen LogP contribution in [0.25, 0.3) is 0 Å². The maximum Gasteiger partial charge on any atom is 0.435 e. The normalized spacial score (nSPS) is 12.7. The van der Waals surface area contributed by atoms with Crippen molar-refractivity contribution in [3.05, 3.63) is 86.4 Å². The topological polar surface area (TPSA) is 62.3 Å². The maximum absolute atomic E-state index is 15.3. The van der Waals surface area contributed by atoms with E-state index in [4.69, 9.17) is 11.6 Å². The minimum atomic E-state index is -6.73. The summed E-state index contributed by atoms with van der Waals surface area (Å²) in [4.78, 5) is 29.9. The molecule has 0 saturated heterocycles. The zero-order chi connectivity index (χ0) is 32.0. The molecule has 0 atom stereocenters. The first kappa shape index (κ1) is 33.0. The molecule has 1 aromatic heterocycles. The van der Waals surface area contributed by atoms with Gasteiger partial charge in [0.05, 0.1) is 28.1 Å². The number of amides is 2. The van der Waals surface area contributed by atoms with Gasteiger partial charge in [0.15, 0.2) is 5.82 Å². The molecule has 0 aliphatic carbocycles. The molecule has 3 rings (SSSR count). The van der Waals surface area contributed by atoms with E-state index in [9.17, 15) is 53.5 Å². The number of halogens is 13. The Labute approximate surface area is 241 Å². The summed E-state index contributed by atoms with van der Waals surface area (Å²) in [5.41, 5.74) is -14.1. The molecule has 226 valence electrons. The molecular formula is C24H12BrClF11N3O2. The van der Waals surface area contributed by atoms with Crippen molar-refractivity contribution < 1.29 is 57.9 Å². The highest BCUT2D eigenvalue weighted by molar-refractivity contribution is 9.10. The van der Waals surface area contributed by atoms with Gasteiger partial charge in [-0.2, -0.15) is 39.5 Å². The number of anilines is 2. The fraction of sp³-hybridized carbons (Fsp3) is 0.208. The van der Waals surface area contributed by atoms with Gasteiger partial charge in [0.2, 0.25) is 0 Å². The highest BCUT2D eigenvalue weighted by Gasteiger charge is 2.73. The second-order valence-electron chi connectivity index (χ2n) is 8.36. The van der Waals surface area contributed by atoms with Gasteiger partial charge in [-0.15, -0.1) is 0 Å². The summed E-state index contributed by atoms with van der Waals surface area (Å²) in [6, 6.07) is 4.31. The minimum absolute atomic E-state index is 0.0329. The molecule has 0 spiro atoms. The van der Waals surface area contributed by atoms with E-state index in [1.165, 1.54) is 12.1 Å². The Kier molecular flexibility index (Phi) is 8.90. The molecule has 0 fully saturated rings. The highest BCUT2D eigenvalue weighted by atomic mass is 79.9. The van der Waals surface area contributed by atoms with Crippen molar-refractivity contribution in [2.45, 2.75) is 24.2 Å². The lowest BCUT2D eigenvalue weighted by molar-refractivity contribution is -0.348. The van der Waals surface area contributed by atoms with Crippen LogP contribution in [-0.2, 0) is 11.8 Å². The van der Waals surface area contributed by atoms with Gasteiger partial charge in [-0.1, -0.05) is 17.7 Å². The summed E-state index contributed by atoms with van der Waals surface area (Å²) in [6.45, 7) is 0. The maximum atomic E-state index is 15.3. The number of pyridine rings is 1. The van der Waals surface area contributed by atoms with Gasteiger partial charge >= 0.3 is 24.2 Å². The number of carbonyl (C=O) groups excluding carboxylic acids is 2. The van der Waals surface area contributed by atoms with Gasteiger partial charge < -0.3 is 10.2 Å². The second kappa shape index (κ2) is 11.3. The lowest BCUT2D eigenvalue weighted by Crippen LogP contribution is -2.50. The molecule has 0 saturated carbocycles. The van der Waals surface area contributed by atoms with Gasteiger partial charge in [-0.3, -0.25) is 9.59 Å². The van der Waals surface area contributed by atoms with Crippen LogP contribution in [0, 0.1) is 5.82 Å². The van der Waals surface area contributed by atoms with Crippen LogP contribution in [0.5, 0.6) is 0 Å². The Morgan fingerprint density at radius 3 is 2.02 bits per heavy atom. The summed E-state index contributed by atoms with van der Waals surface area (Å²) in [6.07, 6.45) is -18.1. The van der Waals surface area contributed by atoms with Crippen LogP contribution >= 0.6 is 27.5 Å². The number of hydrogen-bond acceptors (Lipinski definition) is 3. The largest absolute Gasteiger partial charge is 0.435 e. The van der Waals surface area contributed by atoms with E-state index in [0.717, 1.165) is 36.3 Å². The molecule has 1 N–H and O–H groups in total.